The van der Waals surface area contributed by atoms with Crippen molar-refractivity contribution in [2.45, 2.75) is 184 Å². The van der Waals surface area contributed by atoms with Crippen LogP contribution in [0.5, 0.6) is 0 Å². The number of rotatable bonds is 12. The lowest BCUT2D eigenvalue weighted by Gasteiger charge is -2.44. The van der Waals surface area contributed by atoms with Crippen molar-refractivity contribution in [3.05, 3.63) is 107 Å². The van der Waals surface area contributed by atoms with Crippen LogP contribution in [0.2, 0.25) is 0 Å². The van der Waals surface area contributed by atoms with E-state index in [-0.39, 0.29) is 61.1 Å². The van der Waals surface area contributed by atoms with Gasteiger partial charge in [-0.2, -0.15) is 0 Å². The first-order chi connectivity index (χ1) is 33.4. The van der Waals surface area contributed by atoms with E-state index in [0.29, 0.717) is 75.1 Å². The SMILES string of the molecule is C=C1C[C@@H]2C[C@]3(C)C[C@@H](O)C[C@@H](O3)c3coc(n3)/C=C/C[C@H]3O[C@@H](/C(C)=C/c4coc(C[C@]5(O)C[C@H](OC)C[C@H]([C@H](O)/C=C(C)/C=C/[C@@H](C/C=C/Br)OC)O5)n4)[C@H](C)[C@@H](OC(=O)/C=C\C[C@@H](C1)O2)[C@H]3C. The van der Waals surface area contributed by atoms with Gasteiger partial charge in [0.25, 0.3) is 0 Å². The number of methoxy groups -OCH3 is 2. The van der Waals surface area contributed by atoms with Gasteiger partial charge in [0.1, 0.15) is 36.1 Å². The molecule has 0 spiro atoms. The molecule has 4 fully saturated rings. The summed E-state index contributed by atoms with van der Waals surface area (Å²) < 4.78 is 55.6. The first kappa shape index (κ1) is 54.0. The number of halogens is 1. The van der Waals surface area contributed by atoms with E-state index in [1.165, 1.54) is 12.3 Å². The molecule has 8 bridgehead atoms. The van der Waals surface area contributed by atoms with Crippen LogP contribution < -0.4 is 0 Å². The molecule has 0 amide bonds. The molecule has 5 aliphatic rings. The van der Waals surface area contributed by atoms with Gasteiger partial charge < -0.3 is 57.3 Å². The van der Waals surface area contributed by atoms with Crippen LogP contribution in [0.15, 0.2) is 92.2 Å². The number of nitrogens with zero attached hydrogens (tertiary/aromatic N) is 2. The molecule has 2 aromatic heterocycles. The maximum Gasteiger partial charge on any atom is 0.330 e. The van der Waals surface area contributed by atoms with Gasteiger partial charge in [0, 0.05) is 64.2 Å². The Labute approximate surface area is 420 Å². The highest BCUT2D eigenvalue weighted by Crippen LogP contribution is 2.43. The number of aliphatic hydroxyl groups is 3. The maximum atomic E-state index is 13.6. The number of hydrogen-bond acceptors (Lipinski definition) is 15. The fourth-order valence-corrected chi connectivity index (χ4v) is 11.0. The van der Waals surface area contributed by atoms with Crippen LogP contribution in [0.25, 0.3) is 12.2 Å². The number of carbonyl (C=O) groups is 1. The van der Waals surface area contributed by atoms with Crippen molar-refractivity contribution in [2.75, 3.05) is 14.2 Å². The van der Waals surface area contributed by atoms with Crippen molar-refractivity contribution < 1.29 is 62.1 Å². The molecular weight excluding hydrogens is 964 g/mol. The summed E-state index contributed by atoms with van der Waals surface area (Å²) in [6.07, 6.45) is 19.5. The Morgan fingerprint density at radius 1 is 1.00 bits per heavy atom. The highest BCUT2D eigenvalue weighted by Gasteiger charge is 2.46. The lowest BCUT2D eigenvalue weighted by molar-refractivity contribution is -0.286. The van der Waals surface area contributed by atoms with Gasteiger partial charge in [-0.1, -0.05) is 84.0 Å². The van der Waals surface area contributed by atoms with Gasteiger partial charge in [-0.3, -0.25) is 0 Å². The Hall–Kier alpha value is -3.81. The lowest BCUT2D eigenvalue weighted by Crippen LogP contribution is -2.51. The average molecular weight is 1040 g/mol. The lowest BCUT2D eigenvalue weighted by atomic mass is 9.79. The van der Waals surface area contributed by atoms with Crippen molar-refractivity contribution in [1.29, 1.82) is 0 Å². The second-order valence-corrected chi connectivity index (χ2v) is 20.8. The highest BCUT2D eigenvalue weighted by atomic mass is 79.9. The summed E-state index contributed by atoms with van der Waals surface area (Å²) in [7, 11) is 3.22. The molecule has 0 aromatic carbocycles. The van der Waals surface area contributed by atoms with Crippen LogP contribution in [0.3, 0.4) is 0 Å². The van der Waals surface area contributed by atoms with E-state index in [0.717, 1.165) is 16.7 Å². The van der Waals surface area contributed by atoms with E-state index in [2.05, 4.69) is 22.5 Å². The Morgan fingerprint density at radius 3 is 2.56 bits per heavy atom. The van der Waals surface area contributed by atoms with E-state index in [4.69, 9.17) is 52.0 Å². The van der Waals surface area contributed by atoms with Crippen LogP contribution in [0, 0.1) is 11.8 Å². The third-order valence-corrected chi connectivity index (χ3v) is 14.6. The largest absolute Gasteiger partial charge is 0.458 e. The average Bonchev–Trinajstić information content (AvgIpc) is 3.96. The minimum Gasteiger partial charge on any atom is -0.458 e. The molecule has 70 heavy (non-hydrogen) atoms. The summed E-state index contributed by atoms with van der Waals surface area (Å²) in [4.78, 5) is 24.8. The van der Waals surface area contributed by atoms with Gasteiger partial charge in [-0.15, -0.1) is 0 Å². The summed E-state index contributed by atoms with van der Waals surface area (Å²) in [5.41, 5.74) is 3.19. The number of aliphatic hydroxyl groups excluding tert-OH is 2. The fourth-order valence-electron chi connectivity index (χ4n) is 10.8. The highest BCUT2D eigenvalue weighted by molar-refractivity contribution is 9.11. The zero-order chi connectivity index (χ0) is 50.2. The molecule has 4 saturated heterocycles. The fraction of sp³-hybridized carbons (Fsp3) is 0.611. The summed E-state index contributed by atoms with van der Waals surface area (Å²) in [6, 6.07) is 0. The summed E-state index contributed by atoms with van der Waals surface area (Å²) in [5, 5.41) is 34.1. The van der Waals surface area contributed by atoms with Crippen molar-refractivity contribution in [1.82, 2.24) is 9.97 Å². The van der Waals surface area contributed by atoms with Gasteiger partial charge in [-0.05, 0) is 75.6 Å². The van der Waals surface area contributed by atoms with Crippen molar-refractivity contribution >= 4 is 34.1 Å². The summed E-state index contributed by atoms with van der Waals surface area (Å²) in [5.74, 6) is -1.96. The number of oxazole rings is 2. The first-order valence-electron chi connectivity index (χ1n) is 24.6. The normalized spacial score (nSPS) is 36.9. The van der Waals surface area contributed by atoms with E-state index in [1.807, 2.05) is 71.1 Å². The third kappa shape index (κ3) is 14.4. The van der Waals surface area contributed by atoms with Crippen LogP contribution in [-0.4, -0.2) is 118 Å². The van der Waals surface area contributed by atoms with Gasteiger partial charge in [-0.25, -0.2) is 14.8 Å². The van der Waals surface area contributed by atoms with E-state index in [1.54, 1.807) is 37.6 Å². The Balaban J connectivity index is 1.07. The van der Waals surface area contributed by atoms with Crippen molar-refractivity contribution in [2.24, 2.45) is 11.8 Å². The Kier molecular flexibility index (Phi) is 18.7. The number of fused-ring (bicyclic) bond motifs is 9. The third-order valence-electron chi connectivity index (χ3n) is 14.2. The first-order valence-corrected chi connectivity index (χ1v) is 25.6. The van der Waals surface area contributed by atoms with Gasteiger partial charge in [0.2, 0.25) is 5.89 Å². The molecule has 16 heteroatoms. The number of aromatic nitrogens is 2. The van der Waals surface area contributed by atoms with Crippen LogP contribution in [-0.2, 0) is 44.4 Å². The maximum absolute atomic E-state index is 13.6. The topological polar surface area (TPSA) is 194 Å². The molecule has 7 rings (SSSR count). The smallest absolute Gasteiger partial charge is 0.330 e. The predicted octanol–water partition coefficient (Wildman–Crippen LogP) is 9.15. The zero-order valence-electron chi connectivity index (χ0n) is 41.6. The second kappa shape index (κ2) is 24.3. The van der Waals surface area contributed by atoms with Gasteiger partial charge >= 0.3 is 5.97 Å². The molecule has 0 aliphatic carbocycles. The van der Waals surface area contributed by atoms with Gasteiger partial charge in [0.15, 0.2) is 11.7 Å². The monoisotopic (exact) mass is 1040 g/mol. The molecule has 0 unspecified atom stereocenters. The minimum atomic E-state index is -1.73. The molecule has 2 aromatic rings. The second-order valence-electron chi connectivity index (χ2n) is 20.3. The number of ether oxygens (including phenoxy) is 7. The van der Waals surface area contributed by atoms with E-state index in [9.17, 15) is 20.1 Å². The van der Waals surface area contributed by atoms with E-state index >= 15 is 0 Å². The molecule has 0 saturated carbocycles. The molecule has 3 N–H and O–H groups in total. The van der Waals surface area contributed by atoms with Crippen LogP contribution in [0.1, 0.15) is 128 Å². The molecule has 15 atom stereocenters. The molecule has 15 nitrogen and oxygen atoms in total. The minimum absolute atomic E-state index is 0.0841. The van der Waals surface area contributed by atoms with Crippen LogP contribution in [0.4, 0.5) is 0 Å². The van der Waals surface area contributed by atoms with Crippen molar-refractivity contribution in [3.8, 4) is 0 Å². The Bertz CT molecular complexity index is 2260. The summed E-state index contributed by atoms with van der Waals surface area (Å²) in [6.45, 7) is 14.2. The van der Waals surface area contributed by atoms with Gasteiger partial charge in [0.05, 0.1) is 67.0 Å². The Morgan fingerprint density at radius 2 is 1.79 bits per heavy atom. The molecule has 384 valence electrons. The number of hydrogen-bond donors (Lipinski definition) is 3. The summed E-state index contributed by atoms with van der Waals surface area (Å²) >= 11 is 3.28. The predicted molar refractivity (Wildman–Crippen MR) is 266 cm³/mol. The number of esters is 1. The molecule has 5 aliphatic heterocycles. The molecule has 0 radical (unpaired) electrons. The van der Waals surface area contributed by atoms with E-state index < -0.39 is 54.0 Å². The molecule has 7 heterocycles. The number of allylic oxidation sites excluding steroid dienone is 2. The van der Waals surface area contributed by atoms with Crippen LogP contribution >= 0.6 is 15.9 Å². The zero-order valence-corrected chi connectivity index (χ0v) is 43.2. The quantitative estimate of drug-likeness (QED) is 0.103. The molecular formula is C54H73BrN2O13. The standard InChI is InChI=1S/C54H73BrN2O13/c1-32(17-18-39(62-7)13-11-19-55)22-44(59)47-25-41(63-8)28-54(61,70-47)29-49-56-37(30-64-49)23-34(3)51-36(5)52-35(4)45(67-51)14-10-15-48-57-43(31-65-48)46-24-38(58)26-53(6,69-46)27-42-21-33(2)20-40(66-42)12-9-16-50(60)68-52/h9-11,15-19,22-23,30-31,35-36,38-42,44-47,51-52,58-59,61H,2,12-14,20-21,24-29H2,1,3-8H3/b15-10+,16-9-,18-17+,19-11+,32-22+,34-23+/t35-,36-,38-,39+,40-,41+,42+,44+,45+,46+,47+,51-,52-,53-,54-/m0/s1. The number of carbonyl (C=O) groups excluding carboxylic acids is 1. The van der Waals surface area contributed by atoms with Crippen molar-refractivity contribution in [3.63, 3.8) is 0 Å².